The Morgan fingerprint density at radius 3 is 2.68 bits per heavy atom. The van der Waals surface area contributed by atoms with Gasteiger partial charge in [-0.05, 0) is 34.0 Å². The molecule has 0 aromatic heterocycles. The summed E-state index contributed by atoms with van der Waals surface area (Å²) in [6.07, 6.45) is 0. The van der Waals surface area contributed by atoms with Crippen LogP contribution in [-0.2, 0) is 4.74 Å². The van der Waals surface area contributed by atoms with Gasteiger partial charge in [0.15, 0.2) is 0 Å². The van der Waals surface area contributed by atoms with E-state index in [1.54, 1.807) is 13.2 Å². The first-order valence-corrected chi connectivity index (χ1v) is 7.02. The summed E-state index contributed by atoms with van der Waals surface area (Å²) in [5, 5.41) is 9.37. The molecule has 0 aliphatic rings. The molecule has 1 aromatic rings. The molecular formula is C14H20BrNO3. The van der Waals surface area contributed by atoms with Crippen LogP contribution in [0, 0.1) is 5.92 Å². The van der Waals surface area contributed by atoms with Crippen LogP contribution in [0.2, 0.25) is 0 Å². The minimum Gasteiger partial charge on any atom is -0.478 e. The standard InChI is InChI=1S/C14H20BrNO3/c1-10(2)9-16(7-8-19-3)12-6-4-5-11(15)13(12)14(17)18/h4-6,10H,7-9H2,1-3H3,(H,17,18). The molecule has 0 unspecified atom stereocenters. The average molecular weight is 330 g/mol. The summed E-state index contributed by atoms with van der Waals surface area (Å²) in [6.45, 7) is 6.25. The van der Waals surface area contributed by atoms with Gasteiger partial charge in [0.25, 0.3) is 0 Å². The zero-order chi connectivity index (χ0) is 14.4. The van der Waals surface area contributed by atoms with E-state index in [0.717, 1.165) is 12.2 Å². The summed E-state index contributed by atoms with van der Waals surface area (Å²) in [5.41, 5.74) is 1.03. The maximum Gasteiger partial charge on any atom is 0.338 e. The average Bonchev–Trinajstić information content (AvgIpc) is 2.33. The number of methoxy groups -OCH3 is 1. The highest BCUT2D eigenvalue weighted by atomic mass is 79.9. The fourth-order valence-electron chi connectivity index (χ4n) is 1.94. The second-order valence-electron chi connectivity index (χ2n) is 4.77. The molecule has 4 nitrogen and oxygen atoms in total. The van der Waals surface area contributed by atoms with Crippen LogP contribution in [0.1, 0.15) is 24.2 Å². The van der Waals surface area contributed by atoms with Gasteiger partial charge in [-0.2, -0.15) is 0 Å². The van der Waals surface area contributed by atoms with E-state index in [1.807, 2.05) is 12.1 Å². The van der Waals surface area contributed by atoms with Crippen molar-refractivity contribution in [2.45, 2.75) is 13.8 Å². The molecule has 0 aliphatic carbocycles. The number of ether oxygens (including phenoxy) is 1. The molecule has 0 fully saturated rings. The Kier molecular flexibility index (Phi) is 6.31. The van der Waals surface area contributed by atoms with E-state index in [0.29, 0.717) is 29.1 Å². The van der Waals surface area contributed by atoms with Crippen LogP contribution in [0.4, 0.5) is 5.69 Å². The molecule has 0 heterocycles. The van der Waals surface area contributed by atoms with Crippen LogP contribution in [0.5, 0.6) is 0 Å². The van der Waals surface area contributed by atoms with E-state index in [9.17, 15) is 9.90 Å². The molecular weight excluding hydrogens is 310 g/mol. The predicted octanol–water partition coefficient (Wildman–Crippen LogP) is 3.26. The van der Waals surface area contributed by atoms with Crippen molar-refractivity contribution in [3.05, 3.63) is 28.2 Å². The van der Waals surface area contributed by atoms with Gasteiger partial charge in [-0.25, -0.2) is 4.79 Å². The van der Waals surface area contributed by atoms with Crippen molar-refractivity contribution in [1.82, 2.24) is 0 Å². The molecule has 1 N–H and O–H groups in total. The quantitative estimate of drug-likeness (QED) is 0.834. The molecule has 0 bridgehead atoms. The molecule has 0 atom stereocenters. The van der Waals surface area contributed by atoms with E-state index in [2.05, 4.69) is 34.7 Å². The Morgan fingerprint density at radius 2 is 2.16 bits per heavy atom. The van der Waals surface area contributed by atoms with E-state index in [4.69, 9.17) is 4.74 Å². The lowest BCUT2D eigenvalue weighted by Crippen LogP contribution is -2.32. The van der Waals surface area contributed by atoms with Crippen LogP contribution in [0.15, 0.2) is 22.7 Å². The molecule has 0 saturated heterocycles. The second kappa shape index (κ2) is 7.50. The highest BCUT2D eigenvalue weighted by Crippen LogP contribution is 2.28. The maximum absolute atomic E-state index is 11.4. The number of anilines is 1. The van der Waals surface area contributed by atoms with Gasteiger partial charge < -0.3 is 14.7 Å². The van der Waals surface area contributed by atoms with E-state index >= 15 is 0 Å². The fraction of sp³-hybridized carbons (Fsp3) is 0.500. The first-order valence-electron chi connectivity index (χ1n) is 6.23. The summed E-state index contributed by atoms with van der Waals surface area (Å²) < 4.78 is 5.71. The van der Waals surface area contributed by atoms with Crippen LogP contribution >= 0.6 is 15.9 Å². The Hall–Kier alpha value is -1.07. The van der Waals surface area contributed by atoms with E-state index in [1.165, 1.54) is 0 Å². The molecule has 0 saturated carbocycles. The molecule has 0 aliphatic heterocycles. The van der Waals surface area contributed by atoms with Gasteiger partial charge in [0.2, 0.25) is 0 Å². The lowest BCUT2D eigenvalue weighted by atomic mass is 10.1. The Labute approximate surface area is 122 Å². The number of carboxylic acids is 1. The van der Waals surface area contributed by atoms with Gasteiger partial charge in [0.1, 0.15) is 0 Å². The lowest BCUT2D eigenvalue weighted by Gasteiger charge is -2.28. The number of hydrogen-bond acceptors (Lipinski definition) is 3. The summed E-state index contributed by atoms with van der Waals surface area (Å²) in [5.74, 6) is -0.480. The summed E-state index contributed by atoms with van der Waals surface area (Å²) in [6, 6.07) is 5.44. The first-order chi connectivity index (χ1) is 8.97. The topological polar surface area (TPSA) is 49.8 Å². The molecule has 1 aromatic carbocycles. The van der Waals surface area contributed by atoms with Crippen molar-refractivity contribution in [2.24, 2.45) is 5.92 Å². The van der Waals surface area contributed by atoms with Gasteiger partial charge >= 0.3 is 5.97 Å². The van der Waals surface area contributed by atoms with Crippen molar-refractivity contribution < 1.29 is 14.6 Å². The molecule has 1 rings (SSSR count). The number of nitrogens with zero attached hydrogens (tertiary/aromatic N) is 1. The van der Waals surface area contributed by atoms with Crippen LogP contribution in [-0.4, -0.2) is 37.9 Å². The third-order valence-corrected chi connectivity index (χ3v) is 3.36. The zero-order valence-electron chi connectivity index (χ0n) is 11.5. The monoisotopic (exact) mass is 329 g/mol. The largest absolute Gasteiger partial charge is 0.478 e. The lowest BCUT2D eigenvalue weighted by molar-refractivity contribution is 0.0696. The number of aromatic carboxylic acids is 1. The van der Waals surface area contributed by atoms with Gasteiger partial charge in [-0.3, -0.25) is 0 Å². The minimum absolute atomic E-state index is 0.305. The molecule has 0 amide bonds. The Morgan fingerprint density at radius 1 is 1.47 bits per heavy atom. The Balaban J connectivity index is 3.13. The zero-order valence-corrected chi connectivity index (χ0v) is 13.1. The summed E-state index contributed by atoms with van der Waals surface area (Å²) in [7, 11) is 1.65. The van der Waals surface area contributed by atoms with E-state index in [-0.39, 0.29) is 0 Å². The highest BCUT2D eigenvalue weighted by Gasteiger charge is 2.19. The maximum atomic E-state index is 11.4. The summed E-state index contributed by atoms with van der Waals surface area (Å²) >= 11 is 3.31. The number of halogens is 1. The van der Waals surface area contributed by atoms with Gasteiger partial charge in [-0.1, -0.05) is 19.9 Å². The van der Waals surface area contributed by atoms with Gasteiger partial charge in [0, 0.05) is 24.7 Å². The molecule has 19 heavy (non-hydrogen) atoms. The smallest absolute Gasteiger partial charge is 0.338 e. The Bertz CT molecular complexity index is 435. The second-order valence-corrected chi connectivity index (χ2v) is 5.63. The van der Waals surface area contributed by atoms with Crippen LogP contribution in [0.3, 0.4) is 0 Å². The van der Waals surface area contributed by atoms with Crippen molar-refractivity contribution in [2.75, 3.05) is 31.7 Å². The normalized spacial score (nSPS) is 10.8. The van der Waals surface area contributed by atoms with E-state index < -0.39 is 5.97 Å². The van der Waals surface area contributed by atoms with Crippen molar-refractivity contribution in [3.63, 3.8) is 0 Å². The van der Waals surface area contributed by atoms with Crippen LogP contribution < -0.4 is 4.90 Å². The van der Waals surface area contributed by atoms with Crippen molar-refractivity contribution >= 4 is 27.6 Å². The third-order valence-electron chi connectivity index (χ3n) is 2.70. The number of carbonyl (C=O) groups is 1. The predicted molar refractivity (Wildman–Crippen MR) is 80.0 cm³/mol. The van der Waals surface area contributed by atoms with Crippen molar-refractivity contribution in [3.8, 4) is 0 Å². The highest BCUT2D eigenvalue weighted by molar-refractivity contribution is 9.10. The molecule has 0 spiro atoms. The van der Waals surface area contributed by atoms with Crippen LogP contribution in [0.25, 0.3) is 0 Å². The van der Waals surface area contributed by atoms with Gasteiger partial charge in [0.05, 0.1) is 17.9 Å². The van der Waals surface area contributed by atoms with Gasteiger partial charge in [-0.15, -0.1) is 0 Å². The number of rotatable bonds is 7. The fourth-order valence-corrected chi connectivity index (χ4v) is 2.47. The molecule has 0 radical (unpaired) electrons. The van der Waals surface area contributed by atoms with Crippen molar-refractivity contribution in [1.29, 1.82) is 0 Å². The number of hydrogen-bond donors (Lipinski definition) is 1. The minimum atomic E-state index is -0.923. The SMILES string of the molecule is COCCN(CC(C)C)c1cccc(Br)c1C(=O)O. The first kappa shape index (κ1) is 16.0. The molecule has 5 heteroatoms. The third kappa shape index (κ3) is 4.51. The molecule has 106 valence electrons. The number of carboxylic acid groups (broad SMARTS) is 1. The number of benzene rings is 1. The summed E-state index contributed by atoms with van der Waals surface area (Å²) in [4.78, 5) is 13.5.